The lowest BCUT2D eigenvalue weighted by Gasteiger charge is -2.04. The van der Waals surface area contributed by atoms with E-state index < -0.39 is 0 Å². The monoisotopic (exact) mass is 245 g/mol. The highest BCUT2D eigenvalue weighted by atomic mass is 16.3. The number of nitrogens with one attached hydrogen (secondary N) is 1. The molecule has 2 rings (SSSR count). The van der Waals surface area contributed by atoms with Gasteiger partial charge >= 0.3 is 0 Å². The summed E-state index contributed by atoms with van der Waals surface area (Å²) in [7, 11) is 1.93. The standard InChI is InChI=1S/C14H19N3O/c1-17-10-14(9-16-17)6-7-15-8-12-2-4-13(11-18)5-3-12/h2-5,9-10,15,18H,6-8,11H2,1H3. The predicted octanol–water partition coefficient (Wildman–Crippen LogP) is 1.24. The molecule has 18 heavy (non-hydrogen) atoms. The van der Waals surface area contributed by atoms with Crippen molar-refractivity contribution in [3.8, 4) is 0 Å². The second kappa shape index (κ2) is 6.33. The molecule has 0 radical (unpaired) electrons. The summed E-state index contributed by atoms with van der Waals surface area (Å²) < 4.78 is 1.82. The maximum atomic E-state index is 8.95. The number of aliphatic hydroxyl groups excluding tert-OH is 1. The van der Waals surface area contributed by atoms with Crippen molar-refractivity contribution >= 4 is 0 Å². The second-order valence-electron chi connectivity index (χ2n) is 4.42. The zero-order valence-electron chi connectivity index (χ0n) is 10.6. The van der Waals surface area contributed by atoms with Crippen molar-refractivity contribution in [1.82, 2.24) is 15.1 Å². The van der Waals surface area contributed by atoms with Crippen molar-refractivity contribution < 1.29 is 5.11 Å². The maximum absolute atomic E-state index is 8.95. The van der Waals surface area contributed by atoms with Gasteiger partial charge in [0.25, 0.3) is 0 Å². The number of hydrogen-bond acceptors (Lipinski definition) is 3. The zero-order valence-corrected chi connectivity index (χ0v) is 10.6. The molecule has 2 N–H and O–H groups in total. The Morgan fingerprint density at radius 3 is 2.50 bits per heavy atom. The van der Waals surface area contributed by atoms with Crippen LogP contribution in [0.5, 0.6) is 0 Å². The average molecular weight is 245 g/mol. The molecule has 4 heteroatoms. The fourth-order valence-electron chi connectivity index (χ4n) is 1.83. The Hall–Kier alpha value is -1.65. The first kappa shape index (κ1) is 12.8. The summed E-state index contributed by atoms with van der Waals surface area (Å²) in [5.41, 5.74) is 3.44. The van der Waals surface area contributed by atoms with Gasteiger partial charge in [0.1, 0.15) is 0 Å². The molecular formula is C14H19N3O. The number of benzene rings is 1. The molecular weight excluding hydrogens is 226 g/mol. The van der Waals surface area contributed by atoms with E-state index in [-0.39, 0.29) is 6.61 Å². The summed E-state index contributed by atoms with van der Waals surface area (Å²) >= 11 is 0. The topological polar surface area (TPSA) is 50.1 Å². The van der Waals surface area contributed by atoms with Crippen molar-refractivity contribution in [1.29, 1.82) is 0 Å². The van der Waals surface area contributed by atoms with E-state index in [1.165, 1.54) is 11.1 Å². The van der Waals surface area contributed by atoms with Crippen LogP contribution in [0.15, 0.2) is 36.7 Å². The van der Waals surface area contributed by atoms with E-state index in [1.54, 1.807) is 0 Å². The molecule has 1 heterocycles. The van der Waals surface area contributed by atoms with Crippen LogP contribution in [0.2, 0.25) is 0 Å². The Balaban J connectivity index is 1.71. The fourth-order valence-corrected chi connectivity index (χ4v) is 1.83. The van der Waals surface area contributed by atoms with Crippen LogP contribution in [-0.4, -0.2) is 21.4 Å². The van der Waals surface area contributed by atoms with Crippen molar-refractivity contribution in [2.24, 2.45) is 7.05 Å². The molecule has 96 valence electrons. The van der Waals surface area contributed by atoms with Gasteiger partial charge in [0.2, 0.25) is 0 Å². The lowest BCUT2D eigenvalue weighted by molar-refractivity contribution is 0.282. The van der Waals surface area contributed by atoms with E-state index in [9.17, 15) is 0 Å². The highest BCUT2D eigenvalue weighted by Gasteiger charge is 1.97. The minimum absolute atomic E-state index is 0.106. The van der Waals surface area contributed by atoms with Gasteiger partial charge in [-0.05, 0) is 29.7 Å². The largest absolute Gasteiger partial charge is 0.392 e. The Kier molecular flexibility index (Phi) is 4.50. The molecule has 0 aliphatic rings. The highest BCUT2D eigenvalue weighted by molar-refractivity contribution is 5.21. The maximum Gasteiger partial charge on any atom is 0.0681 e. The van der Waals surface area contributed by atoms with E-state index >= 15 is 0 Å². The lowest BCUT2D eigenvalue weighted by Crippen LogP contribution is -2.16. The van der Waals surface area contributed by atoms with Gasteiger partial charge < -0.3 is 10.4 Å². The zero-order chi connectivity index (χ0) is 12.8. The third-order valence-electron chi connectivity index (χ3n) is 2.88. The smallest absolute Gasteiger partial charge is 0.0681 e. The quantitative estimate of drug-likeness (QED) is 0.753. The van der Waals surface area contributed by atoms with Crippen LogP contribution in [0.25, 0.3) is 0 Å². The molecule has 0 saturated heterocycles. The van der Waals surface area contributed by atoms with E-state index in [2.05, 4.69) is 10.4 Å². The third-order valence-corrected chi connectivity index (χ3v) is 2.88. The van der Waals surface area contributed by atoms with Crippen LogP contribution in [0.4, 0.5) is 0 Å². The van der Waals surface area contributed by atoms with Crippen molar-refractivity contribution in [3.05, 3.63) is 53.3 Å². The Labute approximate surface area is 107 Å². The van der Waals surface area contributed by atoms with Crippen molar-refractivity contribution in [3.63, 3.8) is 0 Å². The molecule has 4 nitrogen and oxygen atoms in total. The summed E-state index contributed by atoms with van der Waals surface area (Å²) in [6.07, 6.45) is 4.93. The summed E-state index contributed by atoms with van der Waals surface area (Å²) in [5, 5.41) is 16.5. The van der Waals surface area contributed by atoms with Crippen LogP contribution < -0.4 is 5.32 Å². The third kappa shape index (κ3) is 3.68. The molecule has 0 aliphatic carbocycles. The molecule has 0 atom stereocenters. The average Bonchev–Trinajstić information content (AvgIpc) is 2.81. The van der Waals surface area contributed by atoms with Gasteiger partial charge in [-0.15, -0.1) is 0 Å². The first-order valence-electron chi connectivity index (χ1n) is 6.15. The van der Waals surface area contributed by atoms with Crippen molar-refractivity contribution in [2.45, 2.75) is 19.6 Å². The molecule has 0 bridgehead atoms. The predicted molar refractivity (Wildman–Crippen MR) is 71.0 cm³/mol. The van der Waals surface area contributed by atoms with Gasteiger partial charge in [-0.3, -0.25) is 4.68 Å². The summed E-state index contributed by atoms with van der Waals surface area (Å²) in [6, 6.07) is 8.00. The minimum atomic E-state index is 0.106. The van der Waals surface area contributed by atoms with Crippen LogP contribution in [0.1, 0.15) is 16.7 Å². The molecule has 0 amide bonds. The molecule has 1 aromatic heterocycles. The molecule has 0 spiro atoms. The first-order valence-corrected chi connectivity index (χ1v) is 6.15. The minimum Gasteiger partial charge on any atom is -0.392 e. The number of hydrogen-bond donors (Lipinski definition) is 2. The van der Waals surface area contributed by atoms with E-state index in [4.69, 9.17) is 5.11 Å². The summed E-state index contributed by atoms with van der Waals surface area (Å²) in [6.45, 7) is 1.90. The number of aryl methyl sites for hydroxylation is 1. The van der Waals surface area contributed by atoms with E-state index in [0.717, 1.165) is 25.1 Å². The van der Waals surface area contributed by atoms with E-state index in [0.29, 0.717) is 0 Å². The first-order chi connectivity index (χ1) is 8.78. The lowest BCUT2D eigenvalue weighted by atomic mass is 10.1. The van der Waals surface area contributed by atoms with Crippen LogP contribution in [-0.2, 0) is 26.6 Å². The Morgan fingerprint density at radius 1 is 1.17 bits per heavy atom. The highest BCUT2D eigenvalue weighted by Crippen LogP contribution is 2.04. The van der Waals surface area contributed by atoms with Gasteiger partial charge in [0.05, 0.1) is 12.8 Å². The van der Waals surface area contributed by atoms with Crippen LogP contribution in [0.3, 0.4) is 0 Å². The van der Waals surface area contributed by atoms with Gasteiger partial charge in [-0.25, -0.2) is 0 Å². The van der Waals surface area contributed by atoms with Gasteiger partial charge in [0.15, 0.2) is 0 Å². The molecule has 0 unspecified atom stereocenters. The Morgan fingerprint density at radius 2 is 1.89 bits per heavy atom. The van der Waals surface area contributed by atoms with E-state index in [1.807, 2.05) is 48.4 Å². The number of rotatable bonds is 6. The van der Waals surface area contributed by atoms with Gasteiger partial charge in [-0.1, -0.05) is 24.3 Å². The van der Waals surface area contributed by atoms with Gasteiger partial charge in [-0.2, -0.15) is 5.10 Å². The fraction of sp³-hybridized carbons (Fsp3) is 0.357. The Bertz CT molecular complexity index is 476. The molecule has 0 fully saturated rings. The van der Waals surface area contributed by atoms with Crippen LogP contribution >= 0.6 is 0 Å². The second-order valence-corrected chi connectivity index (χ2v) is 4.42. The molecule has 0 saturated carbocycles. The summed E-state index contributed by atoms with van der Waals surface area (Å²) in [5.74, 6) is 0. The summed E-state index contributed by atoms with van der Waals surface area (Å²) in [4.78, 5) is 0. The SMILES string of the molecule is Cn1cc(CCNCc2ccc(CO)cc2)cn1. The van der Waals surface area contributed by atoms with Crippen molar-refractivity contribution in [2.75, 3.05) is 6.54 Å². The number of aliphatic hydroxyl groups is 1. The number of nitrogens with zero attached hydrogens (tertiary/aromatic N) is 2. The van der Waals surface area contributed by atoms with Gasteiger partial charge in [0, 0.05) is 19.8 Å². The normalized spacial score (nSPS) is 10.8. The number of aromatic nitrogens is 2. The molecule has 1 aromatic carbocycles. The molecule has 0 aliphatic heterocycles. The van der Waals surface area contributed by atoms with Crippen LogP contribution in [0, 0.1) is 0 Å². The molecule has 2 aromatic rings.